The second kappa shape index (κ2) is 12.2. The Labute approximate surface area is 287 Å². The van der Waals surface area contributed by atoms with Gasteiger partial charge in [-0.1, -0.05) is 63.2 Å². The molecule has 2 aliphatic heterocycles. The Morgan fingerprint density at radius 1 is 1.06 bits per heavy atom. The molecule has 4 aromatic rings. The van der Waals surface area contributed by atoms with Gasteiger partial charge in [0, 0.05) is 35.8 Å². The third-order valence-electron chi connectivity index (χ3n) is 11.7. The first-order valence-electron chi connectivity index (χ1n) is 17.5. The lowest BCUT2D eigenvalue weighted by Gasteiger charge is -2.64. The molecule has 9 rings (SSSR count). The second-order valence-electron chi connectivity index (χ2n) is 14.8. The molecule has 2 saturated heterocycles. The Hall–Kier alpha value is -4.35. The molecule has 0 spiro atoms. The van der Waals surface area contributed by atoms with Crippen molar-refractivity contribution in [3.8, 4) is 17.0 Å². The van der Waals surface area contributed by atoms with Gasteiger partial charge in [0.2, 0.25) is 5.91 Å². The number of hydrogen-bond donors (Lipinski definition) is 1. The van der Waals surface area contributed by atoms with Crippen LogP contribution in [0.25, 0.3) is 22.2 Å². The number of carbonyl (C=O) groups is 2. The van der Waals surface area contributed by atoms with Gasteiger partial charge in [0.1, 0.15) is 23.6 Å². The minimum Gasteiger partial charge on any atom is -0.488 e. The normalized spacial score (nSPS) is 28.9. The molecule has 2 aromatic heterocycles. The first kappa shape index (κ1) is 31.9. The van der Waals surface area contributed by atoms with Gasteiger partial charge >= 0.3 is 7.12 Å². The molecule has 7 atom stereocenters. The van der Waals surface area contributed by atoms with Crippen molar-refractivity contribution in [2.24, 2.45) is 17.3 Å². The maximum absolute atomic E-state index is 14.2. The highest BCUT2D eigenvalue weighted by Gasteiger charge is 2.68. The third-order valence-corrected chi connectivity index (χ3v) is 11.7. The van der Waals surface area contributed by atoms with Crippen LogP contribution in [0.4, 0.5) is 0 Å². The van der Waals surface area contributed by atoms with Crippen molar-refractivity contribution in [3.05, 3.63) is 84.9 Å². The van der Waals surface area contributed by atoms with Crippen molar-refractivity contribution in [3.63, 3.8) is 0 Å². The van der Waals surface area contributed by atoms with Crippen LogP contribution in [0.1, 0.15) is 63.9 Å². The molecule has 2 amide bonds. The Bertz CT molecular complexity index is 1880. The van der Waals surface area contributed by atoms with Gasteiger partial charge in [0.15, 0.2) is 0 Å². The van der Waals surface area contributed by atoms with E-state index in [-0.39, 0.29) is 47.1 Å². The van der Waals surface area contributed by atoms with Gasteiger partial charge in [0.25, 0.3) is 5.91 Å². The molecule has 2 bridgehead atoms. The average Bonchev–Trinajstić information content (AvgIpc) is 3.71. The van der Waals surface area contributed by atoms with Crippen LogP contribution in [0.15, 0.2) is 79.3 Å². The summed E-state index contributed by atoms with van der Waals surface area (Å²) in [5.41, 5.74) is 2.57. The van der Waals surface area contributed by atoms with Crippen molar-refractivity contribution in [2.75, 3.05) is 6.54 Å². The number of rotatable bonds is 8. The van der Waals surface area contributed by atoms with E-state index in [1.54, 1.807) is 4.90 Å². The molecule has 4 heterocycles. The summed E-state index contributed by atoms with van der Waals surface area (Å²) in [6.45, 7) is 9.08. The predicted octanol–water partition coefficient (Wildman–Crippen LogP) is 5.52. The van der Waals surface area contributed by atoms with E-state index in [0.29, 0.717) is 30.4 Å². The number of para-hydroxylation sites is 1. The van der Waals surface area contributed by atoms with Crippen LogP contribution in [-0.2, 0) is 14.1 Å². The summed E-state index contributed by atoms with van der Waals surface area (Å²) in [6, 6.07) is 18.9. The van der Waals surface area contributed by atoms with Crippen molar-refractivity contribution in [1.29, 1.82) is 0 Å². The number of carbonyl (C=O) groups excluding carboxylic acids is 2. The van der Waals surface area contributed by atoms with Crippen molar-refractivity contribution < 1.29 is 23.6 Å². The van der Waals surface area contributed by atoms with E-state index in [1.165, 1.54) is 18.6 Å². The molecule has 5 aliphatic rings. The molecule has 3 aliphatic carbocycles. The molecule has 11 heteroatoms. The SMILES string of the molecule is CC[C@H](NC(=O)[C@@H]1C[C@@H](Oc2cc(-c3ccccc3)nc3ccccc23)CN1C(=O)c1cnccn1)B1OC2C[C@@H]3C[C@@H](C3(C)C)[C@]2(C)O1. The molecule has 5 fully saturated rings. The fourth-order valence-corrected chi connectivity index (χ4v) is 8.80. The summed E-state index contributed by atoms with van der Waals surface area (Å²) in [5.74, 6) is 0.689. The summed E-state index contributed by atoms with van der Waals surface area (Å²) in [4.78, 5) is 42.9. The minimum atomic E-state index is -0.790. The standard InChI is InChI=1S/C38H42BN5O5/c1-5-34(39-48-33-18-24-17-32(37(24,2)3)38(33,4)49-39)43-35(45)30-19-25(22-44(30)36(46)29-21-40-15-16-41-29)47-31-20-28(23-11-7-6-8-12-23)42-27-14-10-9-13-26(27)31/h6-16,20-21,24-25,30,32-34H,5,17-19,22H2,1-4H3,(H,43,45)/t24-,25+,30-,32-,33?,34-,38-/m0/s1. The molecule has 10 nitrogen and oxygen atoms in total. The van der Waals surface area contributed by atoms with Crippen LogP contribution < -0.4 is 10.1 Å². The fourth-order valence-electron chi connectivity index (χ4n) is 8.80. The van der Waals surface area contributed by atoms with Crippen LogP contribution in [0.2, 0.25) is 0 Å². The molecule has 1 N–H and O–H groups in total. The van der Waals surface area contributed by atoms with Gasteiger partial charge < -0.3 is 24.3 Å². The molecule has 1 unspecified atom stereocenters. The summed E-state index contributed by atoms with van der Waals surface area (Å²) in [6.07, 6.45) is 7.03. The maximum atomic E-state index is 14.2. The Balaban J connectivity index is 1.05. The zero-order valence-electron chi connectivity index (χ0n) is 28.4. The Kier molecular flexibility index (Phi) is 7.95. The zero-order valence-corrected chi connectivity index (χ0v) is 28.4. The average molecular weight is 660 g/mol. The lowest BCUT2D eigenvalue weighted by Crippen LogP contribution is -2.65. The summed E-state index contributed by atoms with van der Waals surface area (Å²) in [5, 5.41) is 4.08. The van der Waals surface area contributed by atoms with E-state index in [2.05, 4.69) is 36.1 Å². The van der Waals surface area contributed by atoms with Gasteiger partial charge in [-0.05, 0) is 55.6 Å². The van der Waals surface area contributed by atoms with Crippen LogP contribution >= 0.6 is 0 Å². The number of ether oxygens (including phenoxy) is 1. The second-order valence-corrected chi connectivity index (χ2v) is 14.8. The van der Waals surface area contributed by atoms with E-state index < -0.39 is 19.3 Å². The minimum absolute atomic E-state index is 0.00943. The van der Waals surface area contributed by atoms with E-state index in [1.807, 2.05) is 67.6 Å². The monoisotopic (exact) mass is 659 g/mol. The quantitative estimate of drug-likeness (QED) is 0.246. The van der Waals surface area contributed by atoms with Gasteiger partial charge in [0.05, 0.1) is 41.6 Å². The van der Waals surface area contributed by atoms with Crippen LogP contribution in [-0.4, -0.2) is 75.1 Å². The van der Waals surface area contributed by atoms with Crippen LogP contribution in [0.5, 0.6) is 5.75 Å². The highest BCUT2D eigenvalue weighted by atomic mass is 16.7. The van der Waals surface area contributed by atoms with Gasteiger partial charge in [-0.25, -0.2) is 9.97 Å². The van der Waals surface area contributed by atoms with E-state index in [0.717, 1.165) is 35.0 Å². The van der Waals surface area contributed by atoms with Crippen molar-refractivity contribution in [1.82, 2.24) is 25.2 Å². The smallest absolute Gasteiger partial charge is 0.481 e. The number of amides is 2. The number of likely N-dealkylation sites (tertiary alicyclic amines) is 1. The fraction of sp³-hybridized carbons (Fsp3) is 0.447. The largest absolute Gasteiger partial charge is 0.488 e. The Morgan fingerprint density at radius 2 is 1.86 bits per heavy atom. The molecule has 2 aromatic carbocycles. The molecule has 3 saturated carbocycles. The van der Waals surface area contributed by atoms with E-state index in [4.69, 9.17) is 19.0 Å². The van der Waals surface area contributed by atoms with Crippen LogP contribution in [0.3, 0.4) is 0 Å². The number of nitrogens with one attached hydrogen (secondary N) is 1. The number of fused-ring (bicyclic) bond motifs is 1. The zero-order chi connectivity index (χ0) is 33.9. The molecular formula is C38H42BN5O5. The topological polar surface area (TPSA) is 116 Å². The molecular weight excluding hydrogens is 617 g/mol. The van der Waals surface area contributed by atoms with E-state index in [9.17, 15) is 9.59 Å². The first-order chi connectivity index (χ1) is 23.7. The lowest BCUT2D eigenvalue weighted by molar-refractivity contribution is -0.199. The highest BCUT2D eigenvalue weighted by molar-refractivity contribution is 6.47. The first-order valence-corrected chi connectivity index (χ1v) is 17.5. The van der Waals surface area contributed by atoms with Crippen molar-refractivity contribution in [2.45, 2.75) is 83.2 Å². The van der Waals surface area contributed by atoms with Gasteiger partial charge in [-0.3, -0.25) is 14.6 Å². The number of hydrogen-bond acceptors (Lipinski definition) is 8. The molecule has 0 radical (unpaired) electrons. The maximum Gasteiger partial charge on any atom is 0.481 e. The lowest BCUT2D eigenvalue weighted by atomic mass is 9.43. The number of aromatic nitrogens is 3. The summed E-state index contributed by atoms with van der Waals surface area (Å²) < 4.78 is 20.0. The number of nitrogens with zero attached hydrogens (tertiary/aromatic N) is 4. The molecule has 252 valence electrons. The predicted molar refractivity (Wildman–Crippen MR) is 185 cm³/mol. The Morgan fingerprint density at radius 3 is 2.61 bits per heavy atom. The highest BCUT2D eigenvalue weighted by Crippen LogP contribution is 2.65. The summed E-state index contributed by atoms with van der Waals surface area (Å²) >= 11 is 0. The van der Waals surface area contributed by atoms with E-state index >= 15 is 0 Å². The van der Waals surface area contributed by atoms with Gasteiger partial charge in [-0.15, -0.1) is 0 Å². The third kappa shape index (κ3) is 5.47. The van der Waals surface area contributed by atoms with Crippen molar-refractivity contribution >= 4 is 29.8 Å². The molecule has 49 heavy (non-hydrogen) atoms. The van der Waals surface area contributed by atoms with Crippen LogP contribution in [0, 0.1) is 17.3 Å². The van der Waals surface area contributed by atoms with Gasteiger partial charge in [-0.2, -0.15) is 0 Å². The number of benzene rings is 2. The number of pyridine rings is 1. The summed E-state index contributed by atoms with van der Waals surface area (Å²) in [7, 11) is -0.559.